The smallest absolute Gasteiger partial charge is 0.234 e. The number of amides is 1. The van der Waals surface area contributed by atoms with Crippen LogP contribution in [0.4, 0.5) is 0 Å². The minimum Gasteiger partial charge on any atom is -0.352 e. The minimum atomic E-state index is 0.151. The van der Waals surface area contributed by atoms with E-state index in [1.165, 1.54) is 24.8 Å². The number of nitrogens with zero attached hydrogens (tertiary/aromatic N) is 2. The van der Waals surface area contributed by atoms with Crippen molar-refractivity contribution >= 4 is 5.91 Å². The Morgan fingerprint density at radius 2 is 2.14 bits per heavy atom. The second kappa shape index (κ2) is 8.28. The van der Waals surface area contributed by atoms with Gasteiger partial charge >= 0.3 is 0 Å². The summed E-state index contributed by atoms with van der Waals surface area (Å²) in [5, 5.41) is 3.18. The van der Waals surface area contributed by atoms with E-state index in [9.17, 15) is 4.79 Å². The number of hydrogen-bond acceptors (Lipinski definition) is 3. The Labute approximate surface area is 134 Å². The van der Waals surface area contributed by atoms with Gasteiger partial charge in [0.15, 0.2) is 0 Å². The molecule has 1 atom stereocenters. The first-order chi connectivity index (χ1) is 10.5. The Kier molecular flexibility index (Phi) is 6.37. The number of rotatable bonds is 6. The van der Waals surface area contributed by atoms with Crippen molar-refractivity contribution in [2.45, 2.75) is 64.5 Å². The van der Waals surface area contributed by atoms with E-state index in [2.05, 4.69) is 35.1 Å². The molecule has 1 aromatic heterocycles. The number of nitrogens with one attached hydrogen (secondary N) is 1. The summed E-state index contributed by atoms with van der Waals surface area (Å²) < 4.78 is 0. The van der Waals surface area contributed by atoms with Crippen LogP contribution in [0, 0.1) is 6.92 Å². The second-order valence-corrected chi connectivity index (χ2v) is 6.70. The molecule has 1 unspecified atom stereocenters. The topological polar surface area (TPSA) is 45.2 Å². The van der Waals surface area contributed by atoms with E-state index < -0.39 is 0 Å². The van der Waals surface area contributed by atoms with Gasteiger partial charge in [0.05, 0.1) is 6.54 Å². The van der Waals surface area contributed by atoms with Gasteiger partial charge in [-0.2, -0.15) is 0 Å². The van der Waals surface area contributed by atoms with E-state index in [4.69, 9.17) is 0 Å². The Bertz CT molecular complexity index is 483. The Balaban J connectivity index is 1.77. The lowest BCUT2D eigenvalue weighted by Crippen LogP contribution is -2.44. The Morgan fingerprint density at radius 1 is 1.41 bits per heavy atom. The highest BCUT2D eigenvalue weighted by Gasteiger charge is 2.18. The zero-order chi connectivity index (χ0) is 15.9. The number of aromatic nitrogens is 1. The lowest BCUT2D eigenvalue weighted by Gasteiger charge is -2.27. The molecule has 1 fully saturated rings. The van der Waals surface area contributed by atoms with Crippen molar-refractivity contribution in [2.75, 3.05) is 13.6 Å². The van der Waals surface area contributed by atoms with Crippen LogP contribution in [0.1, 0.15) is 50.3 Å². The van der Waals surface area contributed by atoms with Gasteiger partial charge < -0.3 is 5.32 Å². The van der Waals surface area contributed by atoms with Crippen molar-refractivity contribution in [3.05, 3.63) is 29.6 Å². The third-order valence-corrected chi connectivity index (χ3v) is 4.59. The molecule has 0 aromatic carbocycles. The van der Waals surface area contributed by atoms with Crippen molar-refractivity contribution in [1.82, 2.24) is 15.2 Å². The Morgan fingerprint density at radius 3 is 2.82 bits per heavy atom. The normalized spacial score (nSPS) is 17.5. The van der Waals surface area contributed by atoms with Gasteiger partial charge in [-0.3, -0.25) is 14.7 Å². The van der Waals surface area contributed by atoms with Crippen molar-refractivity contribution in [3.63, 3.8) is 0 Å². The van der Waals surface area contributed by atoms with Crippen molar-refractivity contribution in [3.8, 4) is 0 Å². The number of aryl methyl sites for hydroxylation is 1. The van der Waals surface area contributed by atoms with Crippen LogP contribution in [-0.2, 0) is 11.2 Å². The third kappa shape index (κ3) is 5.41. The molecule has 4 heteroatoms. The first-order valence-electron chi connectivity index (χ1n) is 8.45. The first-order valence-corrected chi connectivity index (χ1v) is 8.45. The predicted molar refractivity (Wildman–Crippen MR) is 89.8 cm³/mol. The molecular weight excluding hydrogens is 274 g/mol. The van der Waals surface area contributed by atoms with Gasteiger partial charge in [-0.25, -0.2) is 0 Å². The largest absolute Gasteiger partial charge is 0.352 e. The maximum absolute atomic E-state index is 12.2. The quantitative estimate of drug-likeness (QED) is 0.879. The molecule has 1 saturated carbocycles. The molecule has 0 radical (unpaired) electrons. The lowest BCUT2D eigenvalue weighted by atomic mass is 9.95. The highest BCUT2D eigenvalue weighted by molar-refractivity contribution is 5.78. The molecule has 0 spiro atoms. The molecule has 4 nitrogen and oxygen atoms in total. The van der Waals surface area contributed by atoms with Crippen molar-refractivity contribution < 1.29 is 4.79 Å². The van der Waals surface area contributed by atoms with Gasteiger partial charge in [0.25, 0.3) is 0 Å². The predicted octanol–water partition coefficient (Wildman–Crippen LogP) is 2.70. The minimum absolute atomic E-state index is 0.151. The zero-order valence-corrected chi connectivity index (χ0v) is 14.1. The van der Waals surface area contributed by atoms with Gasteiger partial charge in [0.1, 0.15) is 0 Å². The number of likely N-dealkylation sites (N-methyl/N-ethyl adjacent to an activating group) is 1. The summed E-state index contributed by atoms with van der Waals surface area (Å²) in [5.41, 5.74) is 2.32. The molecule has 1 heterocycles. The maximum Gasteiger partial charge on any atom is 0.234 e. The number of hydrogen-bond donors (Lipinski definition) is 1. The second-order valence-electron chi connectivity index (χ2n) is 6.70. The van der Waals surface area contributed by atoms with Crippen LogP contribution < -0.4 is 5.32 Å². The van der Waals surface area contributed by atoms with E-state index >= 15 is 0 Å². The molecule has 0 aliphatic heterocycles. The zero-order valence-electron chi connectivity index (χ0n) is 14.1. The van der Waals surface area contributed by atoms with Gasteiger partial charge in [-0.15, -0.1) is 0 Å². The molecule has 0 bridgehead atoms. The fourth-order valence-corrected chi connectivity index (χ4v) is 3.07. The Hall–Kier alpha value is -1.42. The van der Waals surface area contributed by atoms with Crippen LogP contribution in [0.25, 0.3) is 0 Å². The van der Waals surface area contributed by atoms with E-state index in [1.807, 2.05) is 19.3 Å². The fraction of sp³-hybridized carbons (Fsp3) is 0.667. The summed E-state index contributed by atoms with van der Waals surface area (Å²) in [7, 11) is 2.01. The summed E-state index contributed by atoms with van der Waals surface area (Å²) in [6.45, 7) is 4.69. The van der Waals surface area contributed by atoms with Crippen LogP contribution >= 0.6 is 0 Å². The standard InChI is InChI=1S/C18H29N3O/c1-14-9-10-19-17(11-14)12-15(2)21(3)13-18(22)20-16-7-5-4-6-8-16/h9-11,15-16H,4-8,12-13H2,1-3H3,(H,20,22). The summed E-state index contributed by atoms with van der Waals surface area (Å²) in [5.74, 6) is 0.151. The fourth-order valence-electron chi connectivity index (χ4n) is 3.07. The van der Waals surface area contributed by atoms with Gasteiger partial charge in [0, 0.05) is 30.4 Å². The maximum atomic E-state index is 12.2. The number of pyridine rings is 1. The molecule has 1 aliphatic rings. The number of carbonyl (C=O) groups excluding carboxylic acids is 1. The molecule has 1 aromatic rings. The van der Waals surface area contributed by atoms with Gasteiger partial charge in [-0.1, -0.05) is 19.3 Å². The van der Waals surface area contributed by atoms with Gasteiger partial charge in [-0.05, 0) is 51.4 Å². The van der Waals surface area contributed by atoms with Crippen LogP contribution in [0.2, 0.25) is 0 Å². The molecule has 122 valence electrons. The number of carbonyl (C=O) groups is 1. The highest BCUT2D eigenvalue weighted by atomic mass is 16.2. The monoisotopic (exact) mass is 303 g/mol. The first kappa shape index (κ1) is 16.9. The van der Waals surface area contributed by atoms with Crippen LogP contribution in [0.15, 0.2) is 18.3 Å². The van der Waals surface area contributed by atoms with E-state index in [1.54, 1.807) is 0 Å². The van der Waals surface area contributed by atoms with Crippen LogP contribution in [0.5, 0.6) is 0 Å². The average molecular weight is 303 g/mol. The summed E-state index contributed by atoms with van der Waals surface area (Å²) >= 11 is 0. The average Bonchev–Trinajstić information content (AvgIpc) is 2.48. The van der Waals surface area contributed by atoms with Crippen molar-refractivity contribution in [2.24, 2.45) is 0 Å². The van der Waals surface area contributed by atoms with Gasteiger partial charge in [0.2, 0.25) is 5.91 Å². The van der Waals surface area contributed by atoms with E-state index in [-0.39, 0.29) is 5.91 Å². The van der Waals surface area contributed by atoms with Crippen molar-refractivity contribution in [1.29, 1.82) is 0 Å². The molecule has 0 saturated heterocycles. The van der Waals surface area contributed by atoms with Crippen LogP contribution in [-0.4, -0.2) is 41.5 Å². The molecular formula is C18H29N3O. The molecule has 2 rings (SSSR count). The summed E-state index contributed by atoms with van der Waals surface area (Å²) in [6, 6.07) is 4.82. The summed E-state index contributed by atoms with van der Waals surface area (Å²) in [6.07, 6.45) is 8.80. The summed E-state index contributed by atoms with van der Waals surface area (Å²) in [4.78, 5) is 18.7. The SMILES string of the molecule is Cc1ccnc(CC(C)N(C)CC(=O)NC2CCCCC2)c1. The highest BCUT2D eigenvalue weighted by Crippen LogP contribution is 2.17. The van der Waals surface area contributed by atoms with E-state index in [0.29, 0.717) is 18.6 Å². The molecule has 22 heavy (non-hydrogen) atoms. The lowest BCUT2D eigenvalue weighted by molar-refractivity contribution is -0.123. The van der Waals surface area contributed by atoms with E-state index in [0.717, 1.165) is 25.0 Å². The third-order valence-electron chi connectivity index (χ3n) is 4.59. The molecule has 1 amide bonds. The van der Waals surface area contributed by atoms with Crippen LogP contribution in [0.3, 0.4) is 0 Å². The molecule has 1 aliphatic carbocycles. The molecule has 1 N–H and O–H groups in total.